The Morgan fingerprint density at radius 2 is 1.81 bits per heavy atom. The Hall–Kier alpha value is -3.45. The van der Waals surface area contributed by atoms with Crippen molar-refractivity contribution in [3.63, 3.8) is 0 Å². The standard InChI is InChI=1S/C24H27N5O2/c1-16(2)28-9-11-29(12-10-28)24(31)18-5-3-17(4-6-18)20-13-21-19(7-8-22(25)30)14-26-23(21)27-15-20/h3-8,13-16H,9-12H2,1-2H3,(H2,25,30)(H,26,27)/b8-7+. The van der Waals surface area contributed by atoms with Crippen LogP contribution < -0.4 is 5.73 Å². The summed E-state index contributed by atoms with van der Waals surface area (Å²) in [6, 6.07) is 10.2. The highest BCUT2D eigenvalue weighted by Crippen LogP contribution is 2.26. The maximum atomic E-state index is 12.9. The van der Waals surface area contributed by atoms with Crippen molar-refractivity contribution in [2.24, 2.45) is 5.73 Å². The lowest BCUT2D eigenvalue weighted by atomic mass is 10.0. The van der Waals surface area contributed by atoms with Gasteiger partial charge in [-0.05, 0) is 43.7 Å². The second kappa shape index (κ2) is 8.73. The molecule has 3 aromatic rings. The van der Waals surface area contributed by atoms with E-state index in [1.807, 2.05) is 35.2 Å². The summed E-state index contributed by atoms with van der Waals surface area (Å²) in [6.07, 6.45) is 6.59. The number of hydrogen-bond acceptors (Lipinski definition) is 4. The van der Waals surface area contributed by atoms with Crippen LogP contribution in [0.2, 0.25) is 0 Å². The second-order valence-electron chi connectivity index (χ2n) is 8.10. The van der Waals surface area contributed by atoms with E-state index in [0.717, 1.165) is 53.9 Å². The summed E-state index contributed by atoms with van der Waals surface area (Å²) < 4.78 is 0. The van der Waals surface area contributed by atoms with Gasteiger partial charge in [-0.1, -0.05) is 12.1 Å². The lowest BCUT2D eigenvalue weighted by Gasteiger charge is -2.37. The summed E-state index contributed by atoms with van der Waals surface area (Å²) in [5, 5.41) is 0.901. The molecule has 160 valence electrons. The van der Waals surface area contributed by atoms with Crippen LogP contribution in [-0.2, 0) is 4.79 Å². The summed E-state index contributed by atoms with van der Waals surface area (Å²) in [7, 11) is 0. The molecule has 1 saturated heterocycles. The Morgan fingerprint density at radius 1 is 1.10 bits per heavy atom. The van der Waals surface area contributed by atoms with Gasteiger partial charge in [-0.2, -0.15) is 0 Å². The van der Waals surface area contributed by atoms with Crippen LogP contribution in [-0.4, -0.2) is 63.8 Å². The third-order valence-corrected chi connectivity index (χ3v) is 5.79. The van der Waals surface area contributed by atoms with E-state index in [1.165, 1.54) is 6.08 Å². The number of rotatable bonds is 5. The number of hydrogen-bond donors (Lipinski definition) is 2. The third kappa shape index (κ3) is 4.51. The van der Waals surface area contributed by atoms with E-state index in [2.05, 4.69) is 28.7 Å². The van der Waals surface area contributed by atoms with Crippen LogP contribution in [0.25, 0.3) is 28.2 Å². The van der Waals surface area contributed by atoms with Gasteiger partial charge in [-0.15, -0.1) is 0 Å². The number of nitrogens with two attached hydrogens (primary N) is 1. The van der Waals surface area contributed by atoms with E-state index < -0.39 is 5.91 Å². The number of H-pyrrole nitrogens is 1. The van der Waals surface area contributed by atoms with Gasteiger partial charge in [0.1, 0.15) is 5.65 Å². The molecule has 31 heavy (non-hydrogen) atoms. The summed E-state index contributed by atoms with van der Waals surface area (Å²) in [5.41, 5.74) is 9.39. The number of aromatic nitrogens is 2. The summed E-state index contributed by atoms with van der Waals surface area (Å²) in [6.45, 7) is 7.72. The zero-order valence-corrected chi connectivity index (χ0v) is 17.8. The molecule has 3 heterocycles. The molecular formula is C24H27N5O2. The number of nitrogens with zero attached hydrogens (tertiary/aromatic N) is 3. The smallest absolute Gasteiger partial charge is 0.253 e. The fraction of sp³-hybridized carbons (Fsp3) is 0.292. The van der Waals surface area contributed by atoms with Gasteiger partial charge in [-0.3, -0.25) is 14.5 Å². The van der Waals surface area contributed by atoms with Crippen LogP contribution in [0.5, 0.6) is 0 Å². The normalized spacial score (nSPS) is 15.3. The van der Waals surface area contributed by atoms with E-state index in [4.69, 9.17) is 5.73 Å². The van der Waals surface area contributed by atoms with Crippen LogP contribution in [0, 0.1) is 0 Å². The first-order valence-corrected chi connectivity index (χ1v) is 10.5. The highest BCUT2D eigenvalue weighted by molar-refractivity contribution is 5.96. The SMILES string of the molecule is CC(C)N1CCN(C(=O)c2ccc(-c3cnc4[nH]cc(/C=C/C(N)=O)c4c3)cc2)CC1. The van der Waals surface area contributed by atoms with E-state index in [0.29, 0.717) is 11.6 Å². The molecule has 0 radical (unpaired) electrons. The van der Waals surface area contributed by atoms with E-state index in [-0.39, 0.29) is 5.91 Å². The third-order valence-electron chi connectivity index (χ3n) is 5.79. The Labute approximate surface area is 181 Å². The number of fused-ring (bicyclic) bond motifs is 1. The molecule has 0 aliphatic carbocycles. The summed E-state index contributed by atoms with van der Waals surface area (Å²) >= 11 is 0. The Balaban J connectivity index is 1.51. The lowest BCUT2D eigenvalue weighted by molar-refractivity contribution is -0.113. The van der Waals surface area contributed by atoms with Gasteiger partial charge in [0.05, 0.1) is 0 Å². The van der Waals surface area contributed by atoms with Gasteiger partial charge in [0.25, 0.3) is 5.91 Å². The highest BCUT2D eigenvalue weighted by Gasteiger charge is 2.23. The zero-order chi connectivity index (χ0) is 22.0. The van der Waals surface area contributed by atoms with Crippen molar-refractivity contribution >= 4 is 28.9 Å². The van der Waals surface area contributed by atoms with Crippen LogP contribution in [0.15, 0.2) is 48.8 Å². The first-order chi connectivity index (χ1) is 14.9. The molecule has 1 aliphatic rings. The maximum Gasteiger partial charge on any atom is 0.253 e. The minimum atomic E-state index is -0.496. The predicted molar refractivity (Wildman–Crippen MR) is 122 cm³/mol. The summed E-state index contributed by atoms with van der Waals surface area (Å²) in [4.78, 5) is 35.8. The quantitative estimate of drug-likeness (QED) is 0.624. The van der Waals surface area contributed by atoms with E-state index >= 15 is 0 Å². The van der Waals surface area contributed by atoms with Crippen molar-refractivity contribution in [2.45, 2.75) is 19.9 Å². The molecule has 7 nitrogen and oxygen atoms in total. The van der Waals surface area contributed by atoms with Crippen molar-refractivity contribution in [1.82, 2.24) is 19.8 Å². The lowest BCUT2D eigenvalue weighted by Crippen LogP contribution is -2.50. The molecule has 3 N–H and O–H groups in total. The van der Waals surface area contributed by atoms with Crippen molar-refractivity contribution < 1.29 is 9.59 Å². The summed E-state index contributed by atoms with van der Waals surface area (Å²) in [5.74, 6) is -0.419. The van der Waals surface area contributed by atoms with Crippen molar-refractivity contribution in [2.75, 3.05) is 26.2 Å². The monoisotopic (exact) mass is 417 g/mol. The average molecular weight is 418 g/mol. The minimum absolute atomic E-state index is 0.0769. The number of carbonyl (C=O) groups is 2. The topological polar surface area (TPSA) is 95.3 Å². The largest absolute Gasteiger partial charge is 0.366 e. The number of piperazine rings is 1. The van der Waals surface area contributed by atoms with Crippen LogP contribution in [0.1, 0.15) is 29.8 Å². The fourth-order valence-corrected chi connectivity index (χ4v) is 3.92. The number of benzene rings is 1. The van der Waals surface area contributed by atoms with E-state index in [1.54, 1.807) is 18.5 Å². The molecule has 0 unspecified atom stereocenters. The number of nitrogens with one attached hydrogen (secondary N) is 1. The number of amides is 2. The van der Waals surface area contributed by atoms with Crippen LogP contribution >= 0.6 is 0 Å². The fourth-order valence-electron chi connectivity index (χ4n) is 3.92. The molecular weight excluding hydrogens is 390 g/mol. The molecule has 2 aromatic heterocycles. The first-order valence-electron chi connectivity index (χ1n) is 10.5. The van der Waals surface area contributed by atoms with Gasteiger partial charge in [-0.25, -0.2) is 4.98 Å². The molecule has 0 atom stereocenters. The zero-order valence-electron chi connectivity index (χ0n) is 17.8. The first kappa shape index (κ1) is 20.8. The predicted octanol–water partition coefficient (Wildman–Crippen LogP) is 2.89. The maximum absolute atomic E-state index is 12.9. The number of aromatic amines is 1. The Kier molecular flexibility index (Phi) is 5.86. The van der Waals surface area contributed by atoms with Crippen LogP contribution in [0.3, 0.4) is 0 Å². The van der Waals surface area contributed by atoms with Crippen molar-refractivity contribution in [3.8, 4) is 11.1 Å². The molecule has 1 aliphatic heterocycles. The average Bonchev–Trinajstić information content (AvgIpc) is 3.19. The number of carbonyl (C=O) groups excluding carboxylic acids is 2. The molecule has 1 fully saturated rings. The molecule has 7 heteroatoms. The molecule has 1 aromatic carbocycles. The van der Waals surface area contributed by atoms with Crippen LogP contribution in [0.4, 0.5) is 0 Å². The van der Waals surface area contributed by atoms with Gasteiger partial charge in [0.15, 0.2) is 0 Å². The van der Waals surface area contributed by atoms with Gasteiger partial charge in [0, 0.05) is 72.8 Å². The molecule has 0 saturated carbocycles. The van der Waals surface area contributed by atoms with Gasteiger partial charge >= 0.3 is 0 Å². The Morgan fingerprint density at radius 3 is 2.45 bits per heavy atom. The van der Waals surface area contributed by atoms with Crippen molar-refractivity contribution in [1.29, 1.82) is 0 Å². The van der Waals surface area contributed by atoms with E-state index in [9.17, 15) is 9.59 Å². The van der Waals surface area contributed by atoms with Gasteiger partial charge < -0.3 is 15.6 Å². The highest BCUT2D eigenvalue weighted by atomic mass is 16.2. The Bertz CT molecular complexity index is 1120. The number of primary amides is 1. The molecule has 4 rings (SSSR count). The van der Waals surface area contributed by atoms with Gasteiger partial charge in [0.2, 0.25) is 5.91 Å². The molecule has 0 bridgehead atoms. The molecule has 2 amide bonds. The number of pyridine rings is 1. The molecule has 0 spiro atoms. The minimum Gasteiger partial charge on any atom is -0.366 e. The second-order valence-corrected chi connectivity index (χ2v) is 8.10. The van der Waals surface area contributed by atoms with Crippen molar-refractivity contribution in [3.05, 3.63) is 59.9 Å².